The fraction of sp³-hybridized carbons (Fsp3) is 0.462. The van der Waals surface area contributed by atoms with E-state index in [1.165, 1.54) is 12.0 Å². The van der Waals surface area contributed by atoms with E-state index >= 15 is 0 Å². The zero-order chi connectivity index (χ0) is 14.4. The van der Waals surface area contributed by atoms with Gasteiger partial charge in [0.15, 0.2) is 0 Å². The molecule has 0 aliphatic carbocycles. The van der Waals surface area contributed by atoms with Crippen LogP contribution in [0.2, 0.25) is 0 Å². The Hall–Kier alpha value is -2.11. The summed E-state index contributed by atoms with van der Waals surface area (Å²) >= 11 is 0. The Morgan fingerprint density at radius 2 is 2.00 bits per heavy atom. The van der Waals surface area contributed by atoms with Crippen molar-refractivity contribution in [2.24, 2.45) is 0 Å². The summed E-state index contributed by atoms with van der Waals surface area (Å²) in [5.41, 5.74) is 0.547. The number of rotatable bonds is 5. The number of carbonyl (C=O) groups is 2. The largest absolute Gasteiger partial charge is 0.469 e. The number of aromatic nitrogens is 1. The number of nitrogens with zero attached hydrogens (tertiary/aromatic N) is 3. The normalized spacial score (nSPS) is 9.89. The van der Waals surface area contributed by atoms with Crippen LogP contribution in [0.15, 0.2) is 18.3 Å². The average molecular weight is 265 g/mol. The minimum Gasteiger partial charge on any atom is -0.469 e. The van der Waals surface area contributed by atoms with Crippen LogP contribution in [-0.4, -0.2) is 56.6 Å². The molecule has 6 heteroatoms. The molecule has 0 radical (unpaired) electrons. The van der Waals surface area contributed by atoms with Gasteiger partial charge >= 0.3 is 5.97 Å². The maximum Gasteiger partial charge on any atom is 0.307 e. The second-order valence-electron chi connectivity index (χ2n) is 4.35. The fourth-order valence-electron chi connectivity index (χ4n) is 1.48. The molecule has 104 valence electrons. The van der Waals surface area contributed by atoms with Crippen molar-refractivity contribution in [1.29, 1.82) is 0 Å². The first-order valence-corrected chi connectivity index (χ1v) is 5.91. The van der Waals surface area contributed by atoms with Gasteiger partial charge in [0.2, 0.25) is 0 Å². The van der Waals surface area contributed by atoms with E-state index in [0.29, 0.717) is 17.9 Å². The summed E-state index contributed by atoms with van der Waals surface area (Å²) in [6.07, 6.45) is 1.78. The fourth-order valence-corrected chi connectivity index (χ4v) is 1.48. The summed E-state index contributed by atoms with van der Waals surface area (Å²) in [6.45, 7) is 0.325. The van der Waals surface area contributed by atoms with Crippen molar-refractivity contribution < 1.29 is 14.3 Å². The summed E-state index contributed by atoms with van der Waals surface area (Å²) in [6, 6.07) is 3.38. The highest BCUT2D eigenvalue weighted by Crippen LogP contribution is 2.11. The lowest BCUT2D eigenvalue weighted by Crippen LogP contribution is -2.29. The third-order valence-electron chi connectivity index (χ3n) is 2.68. The number of pyridine rings is 1. The van der Waals surface area contributed by atoms with Crippen LogP contribution < -0.4 is 4.90 Å². The number of amides is 1. The first-order chi connectivity index (χ1) is 8.95. The number of hydrogen-bond acceptors (Lipinski definition) is 5. The number of carbonyl (C=O) groups excluding carboxylic acids is 2. The highest BCUT2D eigenvalue weighted by Gasteiger charge is 2.14. The van der Waals surface area contributed by atoms with E-state index in [2.05, 4.69) is 9.72 Å². The molecule has 19 heavy (non-hydrogen) atoms. The van der Waals surface area contributed by atoms with Crippen LogP contribution in [0.3, 0.4) is 0 Å². The van der Waals surface area contributed by atoms with Crippen molar-refractivity contribution in [3.05, 3.63) is 23.9 Å². The zero-order valence-corrected chi connectivity index (χ0v) is 11.7. The molecule has 0 unspecified atom stereocenters. The minimum atomic E-state index is -0.330. The Morgan fingerprint density at radius 1 is 1.32 bits per heavy atom. The summed E-state index contributed by atoms with van der Waals surface area (Å²) in [7, 11) is 6.70. The second-order valence-corrected chi connectivity index (χ2v) is 4.35. The molecule has 0 aliphatic rings. The molecule has 1 aromatic rings. The van der Waals surface area contributed by atoms with Crippen molar-refractivity contribution in [2.45, 2.75) is 6.42 Å². The molecule has 1 heterocycles. The van der Waals surface area contributed by atoms with Crippen LogP contribution in [-0.2, 0) is 9.53 Å². The maximum atomic E-state index is 12.1. The number of methoxy groups -OCH3 is 1. The first kappa shape index (κ1) is 14.9. The van der Waals surface area contributed by atoms with Gasteiger partial charge in [-0.3, -0.25) is 9.59 Å². The Labute approximate surface area is 113 Å². The molecule has 0 atom stereocenters. The summed E-state index contributed by atoms with van der Waals surface area (Å²) in [5.74, 6) is 0.241. The number of anilines is 1. The number of esters is 1. The van der Waals surface area contributed by atoms with E-state index in [1.54, 1.807) is 25.4 Å². The van der Waals surface area contributed by atoms with Gasteiger partial charge in [-0.15, -0.1) is 0 Å². The molecule has 1 amide bonds. The molecular weight excluding hydrogens is 246 g/mol. The van der Waals surface area contributed by atoms with Crippen LogP contribution in [0.25, 0.3) is 0 Å². The van der Waals surface area contributed by atoms with Crippen molar-refractivity contribution in [3.8, 4) is 0 Å². The van der Waals surface area contributed by atoms with Crippen molar-refractivity contribution >= 4 is 17.7 Å². The van der Waals surface area contributed by atoms with Crippen LogP contribution in [0, 0.1) is 0 Å². The van der Waals surface area contributed by atoms with Gasteiger partial charge in [-0.1, -0.05) is 0 Å². The standard InChI is InChI=1S/C13H19N3O3/c1-15(2)11-9-10(5-7-14-11)13(18)16(3)8-6-12(17)19-4/h5,7,9H,6,8H2,1-4H3. The van der Waals surface area contributed by atoms with Crippen LogP contribution in [0.5, 0.6) is 0 Å². The molecule has 0 aliphatic heterocycles. The average Bonchev–Trinajstić information content (AvgIpc) is 2.43. The molecule has 0 bridgehead atoms. The van der Waals surface area contributed by atoms with Crippen molar-refractivity contribution in [2.75, 3.05) is 39.7 Å². The van der Waals surface area contributed by atoms with Gasteiger partial charge in [-0.2, -0.15) is 0 Å². The Kier molecular flexibility index (Phi) is 5.29. The SMILES string of the molecule is COC(=O)CCN(C)C(=O)c1ccnc(N(C)C)c1. The Morgan fingerprint density at radius 3 is 2.58 bits per heavy atom. The summed E-state index contributed by atoms with van der Waals surface area (Å²) < 4.78 is 4.54. The minimum absolute atomic E-state index is 0.144. The second kappa shape index (κ2) is 6.72. The molecular formula is C13H19N3O3. The van der Waals surface area contributed by atoms with Crippen LogP contribution in [0.1, 0.15) is 16.8 Å². The summed E-state index contributed by atoms with van der Waals surface area (Å²) in [5, 5.41) is 0. The van der Waals surface area contributed by atoms with Gasteiger partial charge < -0.3 is 14.5 Å². The van der Waals surface area contributed by atoms with Gasteiger partial charge in [-0.25, -0.2) is 4.98 Å². The molecule has 0 saturated carbocycles. The Bertz CT molecular complexity index is 460. The topological polar surface area (TPSA) is 62.7 Å². The maximum absolute atomic E-state index is 12.1. The van der Waals surface area contributed by atoms with E-state index in [1.807, 2.05) is 19.0 Å². The van der Waals surface area contributed by atoms with E-state index in [-0.39, 0.29) is 18.3 Å². The van der Waals surface area contributed by atoms with E-state index < -0.39 is 0 Å². The highest BCUT2D eigenvalue weighted by molar-refractivity contribution is 5.94. The van der Waals surface area contributed by atoms with Gasteiger partial charge in [-0.05, 0) is 12.1 Å². The molecule has 0 fully saturated rings. The lowest BCUT2D eigenvalue weighted by molar-refractivity contribution is -0.140. The molecule has 0 aromatic carbocycles. The first-order valence-electron chi connectivity index (χ1n) is 5.91. The quantitative estimate of drug-likeness (QED) is 0.736. The molecule has 0 spiro atoms. The predicted octanol–water partition coefficient (Wildman–Crippen LogP) is 0.783. The summed E-state index contributed by atoms with van der Waals surface area (Å²) in [4.78, 5) is 30.7. The molecule has 0 saturated heterocycles. The molecule has 6 nitrogen and oxygen atoms in total. The monoisotopic (exact) mass is 265 g/mol. The van der Waals surface area contributed by atoms with Gasteiger partial charge in [0.1, 0.15) is 5.82 Å². The third-order valence-corrected chi connectivity index (χ3v) is 2.68. The van der Waals surface area contributed by atoms with E-state index in [0.717, 1.165) is 0 Å². The third kappa shape index (κ3) is 4.24. The lowest BCUT2D eigenvalue weighted by Gasteiger charge is -2.18. The lowest BCUT2D eigenvalue weighted by atomic mass is 10.2. The van der Waals surface area contributed by atoms with Gasteiger partial charge in [0, 0.05) is 39.4 Å². The van der Waals surface area contributed by atoms with E-state index in [4.69, 9.17) is 0 Å². The van der Waals surface area contributed by atoms with Gasteiger partial charge in [0.05, 0.1) is 13.5 Å². The van der Waals surface area contributed by atoms with Crippen molar-refractivity contribution in [1.82, 2.24) is 9.88 Å². The molecule has 0 N–H and O–H groups in total. The zero-order valence-electron chi connectivity index (χ0n) is 11.7. The Balaban J connectivity index is 2.71. The van der Waals surface area contributed by atoms with E-state index in [9.17, 15) is 9.59 Å². The number of ether oxygens (including phenoxy) is 1. The number of hydrogen-bond donors (Lipinski definition) is 0. The van der Waals surface area contributed by atoms with Crippen LogP contribution >= 0.6 is 0 Å². The highest BCUT2D eigenvalue weighted by atomic mass is 16.5. The molecule has 1 rings (SSSR count). The predicted molar refractivity (Wildman–Crippen MR) is 72.2 cm³/mol. The van der Waals surface area contributed by atoms with Gasteiger partial charge in [0.25, 0.3) is 5.91 Å². The molecule has 1 aromatic heterocycles. The van der Waals surface area contributed by atoms with Crippen molar-refractivity contribution in [3.63, 3.8) is 0 Å². The smallest absolute Gasteiger partial charge is 0.307 e. The van der Waals surface area contributed by atoms with Crippen LogP contribution in [0.4, 0.5) is 5.82 Å².